The summed E-state index contributed by atoms with van der Waals surface area (Å²) in [5.74, 6) is 0. The van der Waals surface area contributed by atoms with Gasteiger partial charge in [0, 0.05) is 11.4 Å². The molecule has 0 atom stereocenters. The van der Waals surface area contributed by atoms with Crippen molar-refractivity contribution in [3.63, 3.8) is 0 Å². The van der Waals surface area contributed by atoms with E-state index in [0.29, 0.717) is 13.2 Å². The Balaban J connectivity index is 2.41. The second kappa shape index (κ2) is 5.10. The first-order chi connectivity index (χ1) is 8.41. The third-order valence-electron chi connectivity index (χ3n) is 2.35. The van der Waals surface area contributed by atoms with Gasteiger partial charge in [-0.1, -0.05) is 17.7 Å². The van der Waals surface area contributed by atoms with Crippen LogP contribution in [0, 0.1) is 0 Å². The number of primary sulfonamides is 1. The Morgan fingerprint density at radius 3 is 2.94 bits per heavy atom. The molecule has 1 aliphatic rings. The van der Waals surface area contributed by atoms with Gasteiger partial charge in [0.05, 0.1) is 17.4 Å². The highest BCUT2D eigenvalue weighted by atomic mass is 35.5. The number of nitrogens with two attached hydrogens (primary N) is 1. The highest BCUT2D eigenvalue weighted by Gasteiger charge is 2.21. The summed E-state index contributed by atoms with van der Waals surface area (Å²) in [7, 11) is -3.81. The second-order valence-corrected chi connectivity index (χ2v) is 6.78. The standard InChI is InChI=1S/C10H12ClN3O2S2/c1-2-3-14-6-13-8-4-7(11)10(18(12,15)16)5-9(8)17-14/h2,4-5,13H,1,3,6H2,(H2,12,15,16). The minimum atomic E-state index is -3.81. The van der Waals surface area contributed by atoms with Crippen LogP contribution in [0.4, 0.5) is 5.69 Å². The highest BCUT2D eigenvalue weighted by Crippen LogP contribution is 2.38. The maximum Gasteiger partial charge on any atom is 0.239 e. The fraction of sp³-hybridized carbons (Fsp3) is 0.200. The van der Waals surface area contributed by atoms with Gasteiger partial charge in [0.2, 0.25) is 10.0 Å². The number of nitrogens with zero attached hydrogens (tertiary/aromatic N) is 1. The van der Waals surface area contributed by atoms with E-state index in [2.05, 4.69) is 11.9 Å². The Hall–Kier alpha value is -0.730. The van der Waals surface area contributed by atoms with Gasteiger partial charge in [-0.2, -0.15) is 0 Å². The smallest absolute Gasteiger partial charge is 0.239 e. The summed E-state index contributed by atoms with van der Waals surface area (Å²) < 4.78 is 24.8. The molecule has 3 N–H and O–H groups in total. The average Bonchev–Trinajstić information content (AvgIpc) is 2.27. The molecule has 1 aromatic rings. The van der Waals surface area contributed by atoms with Gasteiger partial charge < -0.3 is 5.32 Å². The van der Waals surface area contributed by atoms with E-state index in [9.17, 15) is 8.42 Å². The van der Waals surface area contributed by atoms with Crippen molar-refractivity contribution in [2.75, 3.05) is 18.5 Å². The van der Waals surface area contributed by atoms with E-state index in [1.54, 1.807) is 12.1 Å². The molecule has 0 saturated heterocycles. The van der Waals surface area contributed by atoms with Gasteiger partial charge >= 0.3 is 0 Å². The van der Waals surface area contributed by atoms with E-state index in [0.717, 1.165) is 10.6 Å². The molecule has 98 valence electrons. The third-order valence-corrected chi connectivity index (χ3v) is 4.79. The van der Waals surface area contributed by atoms with Crippen LogP contribution in [-0.4, -0.2) is 25.9 Å². The van der Waals surface area contributed by atoms with E-state index in [1.165, 1.54) is 18.0 Å². The molecule has 8 heteroatoms. The first-order valence-electron chi connectivity index (χ1n) is 5.06. The van der Waals surface area contributed by atoms with E-state index in [4.69, 9.17) is 16.7 Å². The van der Waals surface area contributed by atoms with Crippen LogP contribution in [0.1, 0.15) is 0 Å². The van der Waals surface area contributed by atoms with Crippen molar-refractivity contribution in [1.29, 1.82) is 0 Å². The van der Waals surface area contributed by atoms with E-state index in [1.807, 2.05) is 4.31 Å². The molecule has 1 aliphatic heterocycles. The number of anilines is 1. The summed E-state index contributed by atoms with van der Waals surface area (Å²) >= 11 is 7.35. The molecule has 0 amide bonds. The van der Waals surface area contributed by atoms with Crippen molar-refractivity contribution in [2.45, 2.75) is 9.79 Å². The molecular weight excluding hydrogens is 294 g/mol. The Morgan fingerprint density at radius 1 is 1.61 bits per heavy atom. The van der Waals surface area contributed by atoms with Gasteiger partial charge in [0.15, 0.2) is 0 Å². The number of nitrogens with one attached hydrogen (secondary N) is 1. The molecule has 5 nitrogen and oxygen atoms in total. The maximum atomic E-state index is 11.4. The van der Waals surface area contributed by atoms with Crippen LogP contribution < -0.4 is 10.5 Å². The van der Waals surface area contributed by atoms with Crippen LogP contribution in [0.5, 0.6) is 0 Å². The van der Waals surface area contributed by atoms with Crippen LogP contribution in [0.3, 0.4) is 0 Å². The molecule has 1 aromatic carbocycles. The summed E-state index contributed by atoms with van der Waals surface area (Å²) in [5.41, 5.74) is 0.803. The lowest BCUT2D eigenvalue weighted by molar-refractivity contribution is 0.550. The van der Waals surface area contributed by atoms with Gasteiger partial charge in [-0.25, -0.2) is 17.9 Å². The largest absolute Gasteiger partial charge is 0.370 e. The van der Waals surface area contributed by atoms with Crippen molar-refractivity contribution < 1.29 is 8.42 Å². The van der Waals surface area contributed by atoms with Crippen LogP contribution in [0.25, 0.3) is 0 Å². The zero-order valence-corrected chi connectivity index (χ0v) is 11.8. The van der Waals surface area contributed by atoms with Gasteiger partial charge in [-0.3, -0.25) is 0 Å². The van der Waals surface area contributed by atoms with E-state index in [-0.39, 0.29) is 9.92 Å². The zero-order valence-electron chi connectivity index (χ0n) is 9.39. The molecule has 1 heterocycles. The minimum Gasteiger partial charge on any atom is -0.370 e. The number of rotatable bonds is 3. The van der Waals surface area contributed by atoms with Crippen molar-refractivity contribution >= 4 is 39.3 Å². The number of fused-ring (bicyclic) bond motifs is 1. The number of hydrogen-bond donors (Lipinski definition) is 2. The average molecular weight is 306 g/mol. The Labute approximate surface area is 115 Å². The van der Waals surface area contributed by atoms with Gasteiger partial charge in [-0.15, -0.1) is 6.58 Å². The molecular formula is C10H12ClN3O2S2. The summed E-state index contributed by atoms with van der Waals surface area (Å²) in [6, 6.07) is 3.06. The molecule has 0 bridgehead atoms. The predicted molar refractivity (Wildman–Crippen MR) is 74.1 cm³/mol. The zero-order chi connectivity index (χ0) is 13.3. The molecule has 0 spiro atoms. The molecule has 0 aliphatic carbocycles. The van der Waals surface area contributed by atoms with Crippen LogP contribution >= 0.6 is 23.5 Å². The molecule has 18 heavy (non-hydrogen) atoms. The lowest BCUT2D eigenvalue weighted by Gasteiger charge is -2.28. The summed E-state index contributed by atoms with van der Waals surface area (Å²) in [6.07, 6.45) is 1.77. The van der Waals surface area contributed by atoms with Gasteiger partial charge in [0.1, 0.15) is 4.90 Å². The quantitative estimate of drug-likeness (QED) is 0.658. The van der Waals surface area contributed by atoms with E-state index < -0.39 is 10.0 Å². The summed E-state index contributed by atoms with van der Waals surface area (Å²) in [4.78, 5) is 0.717. The fourth-order valence-corrected chi connectivity index (χ4v) is 3.72. The monoisotopic (exact) mass is 305 g/mol. The van der Waals surface area contributed by atoms with Gasteiger partial charge in [-0.05, 0) is 24.1 Å². The summed E-state index contributed by atoms with van der Waals surface area (Å²) in [5, 5.41) is 8.39. The van der Waals surface area contributed by atoms with Crippen molar-refractivity contribution in [2.24, 2.45) is 5.14 Å². The van der Waals surface area contributed by atoms with E-state index >= 15 is 0 Å². The highest BCUT2D eigenvalue weighted by molar-refractivity contribution is 7.97. The summed E-state index contributed by atoms with van der Waals surface area (Å²) in [6.45, 7) is 4.98. The Bertz CT molecular complexity index is 589. The maximum absolute atomic E-state index is 11.4. The fourth-order valence-electron chi connectivity index (χ4n) is 1.56. The predicted octanol–water partition coefficient (Wildman–Crippen LogP) is 1.87. The SMILES string of the molecule is C=CCN1CNc2cc(Cl)c(S(N)(=O)=O)cc2S1. The number of sulfonamides is 1. The third kappa shape index (κ3) is 2.81. The van der Waals surface area contributed by atoms with Crippen molar-refractivity contribution in [1.82, 2.24) is 4.31 Å². The molecule has 0 unspecified atom stereocenters. The first kappa shape index (κ1) is 13.7. The van der Waals surface area contributed by atoms with Crippen LogP contribution in [-0.2, 0) is 10.0 Å². The van der Waals surface area contributed by atoms with Crippen LogP contribution in [0.15, 0.2) is 34.6 Å². The topological polar surface area (TPSA) is 75.4 Å². The minimum absolute atomic E-state index is 0.0577. The number of benzene rings is 1. The molecule has 0 radical (unpaired) electrons. The molecule has 0 fully saturated rings. The Morgan fingerprint density at radius 2 is 2.33 bits per heavy atom. The van der Waals surface area contributed by atoms with Crippen molar-refractivity contribution in [3.05, 3.63) is 29.8 Å². The second-order valence-electron chi connectivity index (χ2n) is 3.70. The normalized spacial score (nSPS) is 15.9. The first-order valence-corrected chi connectivity index (χ1v) is 7.75. The lowest BCUT2D eigenvalue weighted by atomic mass is 10.3. The molecule has 0 aromatic heterocycles. The van der Waals surface area contributed by atoms with Gasteiger partial charge in [0.25, 0.3) is 0 Å². The number of hydrogen-bond acceptors (Lipinski definition) is 5. The lowest BCUT2D eigenvalue weighted by Crippen LogP contribution is -2.27. The number of halogens is 1. The molecule has 0 saturated carbocycles. The molecule has 2 rings (SSSR count). The Kier molecular flexibility index (Phi) is 3.88. The van der Waals surface area contributed by atoms with Crippen molar-refractivity contribution in [3.8, 4) is 0 Å². The van der Waals surface area contributed by atoms with Crippen LogP contribution in [0.2, 0.25) is 5.02 Å².